The van der Waals surface area contributed by atoms with Crippen molar-refractivity contribution in [1.82, 2.24) is 9.27 Å². The van der Waals surface area contributed by atoms with Gasteiger partial charge in [-0.25, -0.2) is 4.99 Å². The van der Waals surface area contributed by atoms with Gasteiger partial charge in [-0.15, -0.1) is 0 Å². The SMILES string of the molecule is CCCCc1cn(C(C)(C)C)s/c1=N\C(=O)[C@]1(C)CC[C@H](NC(=O)c2ccccc2)C1(C)C. The summed E-state index contributed by atoms with van der Waals surface area (Å²) in [5, 5.41) is 3.19. The summed E-state index contributed by atoms with van der Waals surface area (Å²) in [4.78, 5) is 31.2. The Morgan fingerprint density at radius 2 is 1.85 bits per heavy atom. The molecule has 2 aromatic rings. The average Bonchev–Trinajstić information content (AvgIpc) is 3.27. The Hall–Kier alpha value is -2.21. The molecule has 0 radical (unpaired) electrons. The highest BCUT2D eigenvalue weighted by atomic mass is 32.1. The number of carbonyl (C=O) groups excluding carboxylic acids is 2. The Kier molecular flexibility index (Phi) is 7.37. The molecule has 1 saturated carbocycles. The van der Waals surface area contributed by atoms with Gasteiger partial charge in [0.15, 0.2) is 0 Å². The summed E-state index contributed by atoms with van der Waals surface area (Å²) in [6.07, 6.45) is 6.74. The second-order valence-electron chi connectivity index (χ2n) is 11.1. The lowest BCUT2D eigenvalue weighted by Gasteiger charge is -2.39. The van der Waals surface area contributed by atoms with E-state index in [1.54, 1.807) is 11.5 Å². The zero-order chi connectivity index (χ0) is 24.4. The summed E-state index contributed by atoms with van der Waals surface area (Å²) in [5.41, 5.74) is 0.687. The molecule has 1 N–H and O–H groups in total. The van der Waals surface area contributed by atoms with Gasteiger partial charge in [-0.2, -0.15) is 0 Å². The molecule has 2 amide bonds. The zero-order valence-corrected chi connectivity index (χ0v) is 22.0. The highest BCUT2D eigenvalue weighted by Gasteiger charge is 2.56. The molecule has 0 bridgehead atoms. The number of benzene rings is 1. The molecule has 1 heterocycles. The largest absolute Gasteiger partial charge is 0.349 e. The van der Waals surface area contributed by atoms with Crippen LogP contribution in [0.15, 0.2) is 41.5 Å². The molecular formula is C27H39N3O2S. The van der Waals surface area contributed by atoms with E-state index in [1.165, 1.54) is 0 Å². The molecule has 0 spiro atoms. The van der Waals surface area contributed by atoms with Crippen LogP contribution >= 0.6 is 11.5 Å². The van der Waals surface area contributed by atoms with Gasteiger partial charge in [0.1, 0.15) is 4.67 Å². The molecule has 1 fully saturated rings. The minimum Gasteiger partial charge on any atom is -0.349 e. The normalized spacial score (nSPS) is 23.0. The number of hydrogen-bond acceptors (Lipinski definition) is 3. The topological polar surface area (TPSA) is 63.5 Å². The monoisotopic (exact) mass is 469 g/mol. The van der Waals surface area contributed by atoms with Gasteiger partial charge in [0.05, 0.1) is 5.41 Å². The zero-order valence-electron chi connectivity index (χ0n) is 21.2. The van der Waals surface area contributed by atoms with Crippen molar-refractivity contribution in [2.24, 2.45) is 15.8 Å². The first-order valence-corrected chi connectivity index (χ1v) is 12.8. The molecule has 0 saturated heterocycles. The van der Waals surface area contributed by atoms with Crippen LogP contribution in [0.25, 0.3) is 0 Å². The minimum atomic E-state index is -0.639. The highest BCUT2D eigenvalue weighted by Crippen LogP contribution is 2.53. The number of carbonyl (C=O) groups is 2. The third-order valence-corrected chi connectivity index (χ3v) is 8.81. The third-order valence-electron chi connectivity index (χ3n) is 7.44. The van der Waals surface area contributed by atoms with Crippen molar-refractivity contribution >= 4 is 23.3 Å². The van der Waals surface area contributed by atoms with Crippen molar-refractivity contribution in [3.63, 3.8) is 0 Å². The summed E-state index contributed by atoms with van der Waals surface area (Å²) in [6, 6.07) is 9.17. The lowest BCUT2D eigenvalue weighted by atomic mass is 9.67. The quantitative estimate of drug-likeness (QED) is 0.590. The van der Waals surface area contributed by atoms with E-state index in [0.29, 0.717) is 12.0 Å². The van der Waals surface area contributed by atoms with Crippen LogP contribution in [0.5, 0.6) is 0 Å². The lowest BCUT2D eigenvalue weighted by molar-refractivity contribution is -0.132. The van der Waals surface area contributed by atoms with E-state index in [0.717, 1.165) is 35.9 Å². The lowest BCUT2D eigenvalue weighted by Crippen LogP contribution is -2.49. The molecule has 1 aliphatic rings. The second kappa shape index (κ2) is 9.57. The molecule has 3 rings (SSSR count). The minimum absolute atomic E-state index is 0.0498. The number of unbranched alkanes of at least 4 members (excludes halogenated alkanes) is 1. The Balaban J connectivity index is 1.88. The van der Waals surface area contributed by atoms with Crippen LogP contribution in [0.3, 0.4) is 0 Å². The molecular weight excluding hydrogens is 430 g/mol. The Morgan fingerprint density at radius 3 is 2.45 bits per heavy atom. The van der Waals surface area contributed by atoms with Crippen LogP contribution in [-0.4, -0.2) is 21.8 Å². The second-order valence-corrected chi connectivity index (χ2v) is 12.0. The standard InChI is InChI=1S/C27H39N3O2S/c1-8-9-13-20-18-30(25(2,3)4)33-23(20)29-24(32)27(7)17-16-21(26(27,5)6)28-22(31)19-14-11-10-12-15-19/h10-12,14-15,18,21H,8-9,13,16-17H2,1-7H3,(H,28,31)/b29-23-/t21-,27-/m0/s1. The number of hydrogen-bond donors (Lipinski definition) is 1. The highest BCUT2D eigenvalue weighted by molar-refractivity contribution is 7.04. The van der Waals surface area contributed by atoms with Crippen molar-refractivity contribution in [3.05, 3.63) is 52.3 Å². The van der Waals surface area contributed by atoms with Gasteiger partial charge in [-0.1, -0.05) is 52.3 Å². The smallest absolute Gasteiger partial charge is 0.253 e. The molecule has 1 aromatic heterocycles. The maximum atomic E-state index is 13.7. The van der Waals surface area contributed by atoms with Gasteiger partial charge < -0.3 is 5.32 Å². The maximum Gasteiger partial charge on any atom is 0.253 e. The maximum absolute atomic E-state index is 13.7. The van der Waals surface area contributed by atoms with Crippen molar-refractivity contribution in [2.45, 2.75) is 92.2 Å². The molecule has 0 aliphatic heterocycles. The van der Waals surface area contributed by atoms with Crippen LogP contribution in [-0.2, 0) is 16.8 Å². The van der Waals surface area contributed by atoms with Gasteiger partial charge in [0, 0.05) is 28.9 Å². The molecule has 1 aromatic carbocycles. The van der Waals surface area contributed by atoms with Crippen LogP contribution < -0.4 is 9.99 Å². The fourth-order valence-corrected chi connectivity index (χ4v) is 5.55. The third kappa shape index (κ3) is 5.16. The number of nitrogens with one attached hydrogen (secondary N) is 1. The van der Waals surface area contributed by atoms with Gasteiger partial charge in [0.2, 0.25) is 0 Å². The molecule has 6 heteroatoms. The van der Waals surface area contributed by atoms with Gasteiger partial charge in [0.25, 0.3) is 11.8 Å². The fraction of sp³-hybridized carbons (Fsp3) is 0.593. The predicted octanol–water partition coefficient (Wildman–Crippen LogP) is 5.70. The Bertz CT molecular complexity index is 1060. The van der Waals surface area contributed by atoms with E-state index in [9.17, 15) is 9.59 Å². The van der Waals surface area contributed by atoms with Crippen molar-refractivity contribution in [1.29, 1.82) is 0 Å². The first kappa shape index (κ1) is 25.4. The number of amides is 2. The van der Waals surface area contributed by atoms with Crippen molar-refractivity contribution in [2.75, 3.05) is 0 Å². The van der Waals surface area contributed by atoms with E-state index in [2.05, 4.69) is 57.0 Å². The van der Waals surface area contributed by atoms with Gasteiger partial charge in [-0.3, -0.25) is 13.5 Å². The summed E-state index contributed by atoms with van der Waals surface area (Å²) >= 11 is 1.57. The van der Waals surface area contributed by atoms with Crippen LogP contribution in [0.4, 0.5) is 0 Å². The molecule has 2 atom stereocenters. The van der Waals surface area contributed by atoms with Crippen molar-refractivity contribution in [3.8, 4) is 0 Å². The summed E-state index contributed by atoms with van der Waals surface area (Å²) in [5.74, 6) is -0.168. The van der Waals surface area contributed by atoms with Crippen molar-refractivity contribution < 1.29 is 9.59 Å². The summed E-state index contributed by atoms with van der Waals surface area (Å²) < 4.78 is 3.03. The first-order chi connectivity index (χ1) is 15.4. The Morgan fingerprint density at radius 1 is 1.18 bits per heavy atom. The van der Waals surface area contributed by atoms with Crippen LogP contribution in [0, 0.1) is 10.8 Å². The van der Waals surface area contributed by atoms with E-state index < -0.39 is 10.8 Å². The Labute approximate surface area is 202 Å². The molecule has 5 nitrogen and oxygen atoms in total. The number of aryl methyl sites for hydroxylation is 1. The predicted molar refractivity (Wildman–Crippen MR) is 135 cm³/mol. The van der Waals surface area contributed by atoms with E-state index in [-0.39, 0.29) is 23.4 Å². The first-order valence-electron chi connectivity index (χ1n) is 12.1. The molecule has 1 aliphatic carbocycles. The summed E-state index contributed by atoms with van der Waals surface area (Å²) in [6.45, 7) is 14.9. The average molecular weight is 470 g/mol. The molecule has 0 unspecified atom stereocenters. The number of aromatic nitrogens is 1. The van der Waals surface area contributed by atoms with Crippen LogP contribution in [0.2, 0.25) is 0 Å². The number of rotatable bonds is 6. The molecule has 180 valence electrons. The van der Waals surface area contributed by atoms with E-state index in [4.69, 9.17) is 4.99 Å². The van der Waals surface area contributed by atoms with Gasteiger partial charge in [-0.05, 0) is 75.5 Å². The van der Waals surface area contributed by atoms with E-state index >= 15 is 0 Å². The summed E-state index contributed by atoms with van der Waals surface area (Å²) in [7, 11) is 0. The fourth-order valence-electron chi connectivity index (χ4n) is 4.52. The van der Waals surface area contributed by atoms with E-state index in [1.807, 2.05) is 37.3 Å². The number of nitrogens with zero attached hydrogens (tertiary/aromatic N) is 2. The van der Waals surface area contributed by atoms with Crippen LogP contribution in [0.1, 0.15) is 90.1 Å². The van der Waals surface area contributed by atoms with Gasteiger partial charge >= 0.3 is 0 Å². The molecule has 33 heavy (non-hydrogen) atoms.